The lowest BCUT2D eigenvalue weighted by molar-refractivity contribution is 0.191. The van der Waals surface area contributed by atoms with E-state index >= 15 is 0 Å². The van der Waals surface area contributed by atoms with Gasteiger partial charge in [-0.2, -0.15) is 0 Å². The van der Waals surface area contributed by atoms with Crippen LogP contribution < -0.4 is 5.32 Å². The van der Waals surface area contributed by atoms with E-state index in [2.05, 4.69) is 28.2 Å². The van der Waals surface area contributed by atoms with Gasteiger partial charge in [0.15, 0.2) is 0 Å². The van der Waals surface area contributed by atoms with Crippen LogP contribution in [0.25, 0.3) is 0 Å². The number of benzene rings is 1. The van der Waals surface area contributed by atoms with Gasteiger partial charge in [-0.05, 0) is 53.9 Å². The highest BCUT2D eigenvalue weighted by atomic mass is 79.9. The first-order valence-corrected chi connectivity index (χ1v) is 6.42. The molecule has 16 heavy (non-hydrogen) atoms. The number of halogens is 2. The van der Waals surface area contributed by atoms with Crippen LogP contribution >= 0.6 is 27.5 Å². The second-order valence-electron chi connectivity index (χ2n) is 3.91. The summed E-state index contributed by atoms with van der Waals surface area (Å²) >= 11 is 9.61. The number of aryl methyl sites for hydroxylation is 1. The predicted octanol–water partition coefficient (Wildman–Crippen LogP) is 4.25. The number of nitrogens with one attached hydrogen (secondary N) is 1. The predicted molar refractivity (Wildman–Crippen MR) is 73.5 cm³/mol. The summed E-state index contributed by atoms with van der Waals surface area (Å²) in [5, 5.41) is 4.18. The van der Waals surface area contributed by atoms with Crippen molar-refractivity contribution in [2.24, 2.45) is 0 Å². The van der Waals surface area contributed by atoms with Gasteiger partial charge < -0.3 is 10.1 Å². The van der Waals surface area contributed by atoms with E-state index in [0.29, 0.717) is 6.04 Å². The maximum absolute atomic E-state index is 6.09. The molecule has 1 aromatic carbocycles. The van der Waals surface area contributed by atoms with Gasteiger partial charge in [0.1, 0.15) is 0 Å². The molecule has 0 aliphatic carbocycles. The van der Waals surface area contributed by atoms with Crippen LogP contribution in [-0.4, -0.2) is 19.8 Å². The molecule has 1 unspecified atom stereocenters. The number of methoxy groups -OCH3 is 1. The zero-order chi connectivity index (χ0) is 12.1. The molecule has 0 amide bonds. The van der Waals surface area contributed by atoms with Crippen LogP contribution in [0.2, 0.25) is 5.02 Å². The van der Waals surface area contributed by atoms with E-state index in [0.717, 1.165) is 33.8 Å². The SMILES string of the molecule is COCCC(C)Nc1cc(Cl)c(C)cc1Br. The number of anilines is 1. The molecule has 1 aromatic rings. The summed E-state index contributed by atoms with van der Waals surface area (Å²) in [6.07, 6.45) is 0.967. The van der Waals surface area contributed by atoms with Crippen molar-refractivity contribution in [3.8, 4) is 0 Å². The fourth-order valence-corrected chi connectivity index (χ4v) is 2.13. The molecule has 1 rings (SSSR count). The maximum Gasteiger partial charge on any atom is 0.0501 e. The molecule has 0 spiro atoms. The summed E-state index contributed by atoms with van der Waals surface area (Å²) in [4.78, 5) is 0. The highest BCUT2D eigenvalue weighted by molar-refractivity contribution is 9.10. The Morgan fingerprint density at radius 3 is 2.81 bits per heavy atom. The van der Waals surface area contributed by atoms with E-state index < -0.39 is 0 Å². The molecule has 4 heteroatoms. The minimum absolute atomic E-state index is 0.357. The van der Waals surface area contributed by atoms with Crippen LogP contribution in [0.15, 0.2) is 16.6 Å². The van der Waals surface area contributed by atoms with Crippen LogP contribution in [-0.2, 0) is 4.74 Å². The summed E-state index contributed by atoms with van der Waals surface area (Å²) in [6.45, 7) is 4.87. The third-order valence-corrected chi connectivity index (χ3v) is 3.47. The quantitative estimate of drug-likeness (QED) is 0.878. The number of rotatable bonds is 5. The van der Waals surface area contributed by atoms with E-state index in [9.17, 15) is 0 Å². The van der Waals surface area contributed by atoms with Crippen molar-refractivity contribution >= 4 is 33.2 Å². The summed E-state index contributed by atoms with van der Waals surface area (Å²) < 4.78 is 6.09. The lowest BCUT2D eigenvalue weighted by Crippen LogP contribution is -2.17. The molecule has 0 aromatic heterocycles. The Kier molecular flexibility index (Phi) is 5.59. The Balaban J connectivity index is 2.69. The fourth-order valence-electron chi connectivity index (χ4n) is 1.39. The molecule has 0 saturated carbocycles. The third-order valence-electron chi connectivity index (χ3n) is 2.41. The van der Waals surface area contributed by atoms with Crippen molar-refractivity contribution in [2.45, 2.75) is 26.3 Å². The van der Waals surface area contributed by atoms with Crippen molar-refractivity contribution in [2.75, 3.05) is 19.0 Å². The van der Waals surface area contributed by atoms with Crippen molar-refractivity contribution < 1.29 is 4.74 Å². The molecule has 0 saturated heterocycles. The standard InChI is InChI=1S/C12H17BrClNO/c1-8-6-10(13)12(7-11(8)14)15-9(2)4-5-16-3/h6-7,9,15H,4-5H2,1-3H3. The Bertz CT molecular complexity index is 357. The maximum atomic E-state index is 6.09. The molecule has 0 aliphatic heterocycles. The normalized spacial score (nSPS) is 12.6. The van der Waals surface area contributed by atoms with Gasteiger partial charge in [-0.1, -0.05) is 11.6 Å². The Hall–Kier alpha value is -0.250. The molecule has 0 fully saturated rings. The van der Waals surface area contributed by atoms with Gasteiger partial charge in [0.25, 0.3) is 0 Å². The fraction of sp³-hybridized carbons (Fsp3) is 0.500. The Morgan fingerprint density at radius 2 is 2.19 bits per heavy atom. The van der Waals surface area contributed by atoms with Crippen LogP contribution in [0.5, 0.6) is 0 Å². The average Bonchev–Trinajstić information content (AvgIpc) is 2.23. The van der Waals surface area contributed by atoms with Gasteiger partial charge in [0.05, 0.1) is 5.69 Å². The highest BCUT2D eigenvalue weighted by Crippen LogP contribution is 2.29. The third kappa shape index (κ3) is 3.96. The van der Waals surface area contributed by atoms with Crippen LogP contribution in [0.4, 0.5) is 5.69 Å². The average molecular weight is 307 g/mol. The van der Waals surface area contributed by atoms with Crippen molar-refractivity contribution in [3.63, 3.8) is 0 Å². The lowest BCUT2D eigenvalue weighted by atomic mass is 10.2. The first-order chi connectivity index (χ1) is 7.54. The van der Waals surface area contributed by atoms with Gasteiger partial charge >= 0.3 is 0 Å². The second-order valence-corrected chi connectivity index (χ2v) is 5.17. The summed E-state index contributed by atoms with van der Waals surface area (Å²) in [5.74, 6) is 0. The van der Waals surface area contributed by atoms with Gasteiger partial charge in [-0.15, -0.1) is 0 Å². The first-order valence-electron chi connectivity index (χ1n) is 5.25. The van der Waals surface area contributed by atoms with Crippen LogP contribution in [0.1, 0.15) is 18.9 Å². The highest BCUT2D eigenvalue weighted by Gasteiger charge is 2.07. The van der Waals surface area contributed by atoms with E-state index in [1.807, 2.05) is 19.1 Å². The monoisotopic (exact) mass is 305 g/mol. The summed E-state index contributed by atoms with van der Waals surface area (Å²) in [5.41, 5.74) is 2.10. The molecule has 1 N–H and O–H groups in total. The van der Waals surface area contributed by atoms with Crippen LogP contribution in [0.3, 0.4) is 0 Å². The first kappa shape index (κ1) is 13.8. The van der Waals surface area contributed by atoms with Gasteiger partial charge in [-0.25, -0.2) is 0 Å². The molecule has 0 aliphatic rings. The topological polar surface area (TPSA) is 21.3 Å². The Labute approximate surface area is 110 Å². The van der Waals surface area contributed by atoms with Gasteiger partial charge in [0.2, 0.25) is 0 Å². The van der Waals surface area contributed by atoms with Crippen molar-refractivity contribution in [1.82, 2.24) is 0 Å². The Morgan fingerprint density at radius 1 is 1.50 bits per heavy atom. The zero-order valence-corrected chi connectivity index (χ0v) is 12.2. The molecule has 90 valence electrons. The second kappa shape index (κ2) is 6.48. The van der Waals surface area contributed by atoms with Gasteiger partial charge in [0, 0.05) is 29.3 Å². The smallest absolute Gasteiger partial charge is 0.0501 e. The lowest BCUT2D eigenvalue weighted by Gasteiger charge is -2.17. The molecular formula is C12H17BrClNO. The number of hydrogen-bond acceptors (Lipinski definition) is 2. The summed E-state index contributed by atoms with van der Waals surface area (Å²) in [6, 6.07) is 4.33. The van der Waals surface area contributed by atoms with E-state index in [4.69, 9.17) is 16.3 Å². The molecule has 0 heterocycles. The van der Waals surface area contributed by atoms with E-state index in [-0.39, 0.29) is 0 Å². The largest absolute Gasteiger partial charge is 0.385 e. The van der Waals surface area contributed by atoms with Crippen molar-refractivity contribution in [3.05, 3.63) is 27.2 Å². The van der Waals surface area contributed by atoms with Gasteiger partial charge in [-0.3, -0.25) is 0 Å². The molecule has 0 bridgehead atoms. The summed E-state index contributed by atoms with van der Waals surface area (Å²) in [7, 11) is 1.71. The molecule has 2 nitrogen and oxygen atoms in total. The van der Waals surface area contributed by atoms with Crippen molar-refractivity contribution in [1.29, 1.82) is 0 Å². The minimum Gasteiger partial charge on any atom is -0.385 e. The minimum atomic E-state index is 0.357. The number of ether oxygens (including phenoxy) is 1. The zero-order valence-electron chi connectivity index (χ0n) is 9.81. The molecular weight excluding hydrogens is 289 g/mol. The number of hydrogen-bond donors (Lipinski definition) is 1. The van der Waals surface area contributed by atoms with E-state index in [1.165, 1.54) is 0 Å². The van der Waals surface area contributed by atoms with E-state index in [1.54, 1.807) is 7.11 Å². The van der Waals surface area contributed by atoms with Crippen LogP contribution in [0, 0.1) is 6.92 Å². The molecule has 1 atom stereocenters. The molecule has 0 radical (unpaired) electrons.